The summed E-state index contributed by atoms with van der Waals surface area (Å²) in [5, 5.41) is 0. The van der Waals surface area contributed by atoms with Crippen molar-refractivity contribution in [3.05, 3.63) is 48.8 Å². The molecule has 0 aliphatic rings. The molecule has 27 heavy (non-hydrogen) atoms. The van der Waals surface area contributed by atoms with Crippen LogP contribution >= 0.6 is 0 Å². The van der Waals surface area contributed by atoms with E-state index in [0.717, 1.165) is 18.2 Å². The standard InChI is InChI=1S/C24H37N3/c1-2-3-4-5-6-7-8-9-10-11-12-17-22-27(23-18-13-15-20-25-23)24-19-14-16-21-26-24/h13-16,18-21H,2-12,17,22H2,1H3. The monoisotopic (exact) mass is 367 g/mol. The fourth-order valence-corrected chi connectivity index (χ4v) is 3.48. The largest absolute Gasteiger partial charge is 0.311 e. The molecule has 2 rings (SSSR count). The lowest BCUT2D eigenvalue weighted by molar-refractivity contribution is 0.544. The molecule has 0 radical (unpaired) electrons. The van der Waals surface area contributed by atoms with Crippen LogP contribution in [0, 0.1) is 0 Å². The number of hydrogen-bond acceptors (Lipinski definition) is 3. The van der Waals surface area contributed by atoms with Crippen molar-refractivity contribution < 1.29 is 0 Å². The van der Waals surface area contributed by atoms with Crippen LogP contribution < -0.4 is 4.90 Å². The van der Waals surface area contributed by atoms with E-state index in [9.17, 15) is 0 Å². The lowest BCUT2D eigenvalue weighted by Crippen LogP contribution is -2.20. The fourth-order valence-electron chi connectivity index (χ4n) is 3.48. The number of aromatic nitrogens is 2. The summed E-state index contributed by atoms with van der Waals surface area (Å²) in [4.78, 5) is 11.3. The van der Waals surface area contributed by atoms with Gasteiger partial charge >= 0.3 is 0 Å². The molecule has 0 bridgehead atoms. The molecule has 0 spiro atoms. The molecule has 0 atom stereocenters. The number of unbranched alkanes of at least 4 members (excludes halogenated alkanes) is 11. The average molecular weight is 368 g/mol. The van der Waals surface area contributed by atoms with E-state index < -0.39 is 0 Å². The number of hydrogen-bond donors (Lipinski definition) is 0. The number of pyridine rings is 2. The Balaban J connectivity index is 1.60. The Morgan fingerprint density at radius 3 is 1.44 bits per heavy atom. The van der Waals surface area contributed by atoms with Gasteiger partial charge in [-0.2, -0.15) is 0 Å². The average Bonchev–Trinajstić information content (AvgIpc) is 2.73. The van der Waals surface area contributed by atoms with Crippen molar-refractivity contribution >= 4 is 11.6 Å². The number of anilines is 2. The third-order valence-electron chi connectivity index (χ3n) is 5.09. The van der Waals surface area contributed by atoms with E-state index in [4.69, 9.17) is 0 Å². The Morgan fingerprint density at radius 2 is 1.04 bits per heavy atom. The summed E-state index contributed by atoms with van der Waals surface area (Å²) in [5.41, 5.74) is 0. The van der Waals surface area contributed by atoms with Gasteiger partial charge in [-0.3, -0.25) is 0 Å². The van der Waals surface area contributed by atoms with Crippen molar-refractivity contribution in [2.45, 2.75) is 84.0 Å². The normalized spacial score (nSPS) is 10.9. The van der Waals surface area contributed by atoms with E-state index in [2.05, 4.69) is 33.9 Å². The van der Waals surface area contributed by atoms with Crippen LogP contribution in [0.15, 0.2) is 48.8 Å². The minimum absolute atomic E-state index is 0.978. The Kier molecular flexibility index (Phi) is 11.3. The van der Waals surface area contributed by atoms with Crippen LogP contribution in [0.5, 0.6) is 0 Å². The van der Waals surface area contributed by atoms with Crippen molar-refractivity contribution in [1.29, 1.82) is 0 Å². The van der Waals surface area contributed by atoms with Gasteiger partial charge < -0.3 is 4.90 Å². The maximum Gasteiger partial charge on any atom is 0.134 e. The van der Waals surface area contributed by atoms with Gasteiger partial charge in [0.1, 0.15) is 11.6 Å². The summed E-state index contributed by atoms with van der Waals surface area (Å²) in [6.07, 6.45) is 20.2. The zero-order chi connectivity index (χ0) is 19.0. The predicted molar refractivity (Wildman–Crippen MR) is 117 cm³/mol. The van der Waals surface area contributed by atoms with Crippen LogP contribution in [-0.4, -0.2) is 16.5 Å². The number of rotatable bonds is 15. The highest BCUT2D eigenvalue weighted by atomic mass is 15.2. The zero-order valence-corrected chi connectivity index (χ0v) is 17.2. The summed E-state index contributed by atoms with van der Waals surface area (Å²) in [6, 6.07) is 12.1. The molecular weight excluding hydrogens is 330 g/mol. The maximum atomic E-state index is 4.52. The van der Waals surface area contributed by atoms with Crippen molar-refractivity contribution in [1.82, 2.24) is 9.97 Å². The highest BCUT2D eigenvalue weighted by molar-refractivity contribution is 5.55. The van der Waals surface area contributed by atoms with Crippen molar-refractivity contribution in [3.63, 3.8) is 0 Å². The van der Waals surface area contributed by atoms with Crippen LogP contribution in [0.2, 0.25) is 0 Å². The van der Waals surface area contributed by atoms with Gasteiger partial charge in [0.25, 0.3) is 0 Å². The maximum absolute atomic E-state index is 4.52. The van der Waals surface area contributed by atoms with Gasteiger partial charge in [0.05, 0.1) is 0 Å². The zero-order valence-electron chi connectivity index (χ0n) is 17.2. The Labute approximate surface area is 166 Å². The van der Waals surface area contributed by atoms with Gasteiger partial charge in [0, 0.05) is 18.9 Å². The molecule has 2 heterocycles. The van der Waals surface area contributed by atoms with E-state index in [0.29, 0.717) is 0 Å². The molecule has 0 saturated carbocycles. The van der Waals surface area contributed by atoms with Gasteiger partial charge in [-0.1, -0.05) is 89.7 Å². The molecule has 0 saturated heterocycles. The first kappa shape index (κ1) is 21.4. The summed E-state index contributed by atoms with van der Waals surface area (Å²) < 4.78 is 0. The van der Waals surface area contributed by atoms with Crippen LogP contribution in [0.1, 0.15) is 84.0 Å². The Morgan fingerprint density at radius 1 is 0.593 bits per heavy atom. The van der Waals surface area contributed by atoms with Gasteiger partial charge in [-0.05, 0) is 30.7 Å². The molecule has 2 aromatic heterocycles. The van der Waals surface area contributed by atoms with Crippen molar-refractivity contribution in [3.8, 4) is 0 Å². The lowest BCUT2D eigenvalue weighted by atomic mass is 10.1. The second-order valence-electron chi connectivity index (χ2n) is 7.42. The van der Waals surface area contributed by atoms with Crippen LogP contribution in [0.25, 0.3) is 0 Å². The highest BCUT2D eigenvalue weighted by Crippen LogP contribution is 2.21. The molecule has 0 unspecified atom stereocenters. The van der Waals surface area contributed by atoms with E-state index in [1.807, 2.05) is 36.7 Å². The molecule has 0 fully saturated rings. The molecule has 3 heteroatoms. The third kappa shape index (κ3) is 9.03. The molecular formula is C24H37N3. The molecule has 0 N–H and O–H groups in total. The van der Waals surface area contributed by atoms with Crippen molar-refractivity contribution in [2.24, 2.45) is 0 Å². The second kappa shape index (κ2) is 14.2. The summed E-state index contributed by atoms with van der Waals surface area (Å²) in [7, 11) is 0. The van der Waals surface area contributed by atoms with Crippen LogP contribution in [0.3, 0.4) is 0 Å². The van der Waals surface area contributed by atoms with Gasteiger partial charge in [0.15, 0.2) is 0 Å². The molecule has 0 amide bonds. The van der Waals surface area contributed by atoms with E-state index >= 15 is 0 Å². The smallest absolute Gasteiger partial charge is 0.134 e. The Hall–Kier alpha value is -1.90. The molecule has 148 valence electrons. The first-order chi connectivity index (χ1) is 13.4. The van der Waals surface area contributed by atoms with Crippen molar-refractivity contribution in [2.75, 3.05) is 11.4 Å². The fraction of sp³-hybridized carbons (Fsp3) is 0.583. The van der Waals surface area contributed by atoms with Gasteiger partial charge in [-0.15, -0.1) is 0 Å². The summed E-state index contributed by atoms with van der Waals surface area (Å²) in [6.45, 7) is 3.26. The quantitative estimate of drug-likeness (QED) is 0.309. The minimum atomic E-state index is 0.978. The number of nitrogens with zero attached hydrogens (tertiary/aromatic N) is 3. The van der Waals surface area contributed by atoms with Crippen LogP contribution in [0.4, 0.5) is 11.6 Å². The molecule has 0 aliphatic heterocycles. The second-order valence-corrected chi connectivity index (χ2v) is 7.42. The van der Waals surface area contributed by atoms with E-state index in [1.54, 1.807) is 0 Å². The topological polar surface area (TPSA) is 29.0 Å². The van der Waals surface area contributed by atoms with Gasteiger partial charge in [0.2, 0.25) is 0 Å². The van der Waals surface area contributed by atoms with Crippen LogP contribution in [-0.2, 0) is 0 Å². The van der Waals surface area contributed by atoms with E-state index in [1.165, 1.54) is 77.0 Å². The molecule has 3 nitrogen and oxygen atoms in total. The van der Waals surface area contributed by atoms with E-state index in [-0.39, 0.29) is 0 Å². The molecule has 2 aromatic rings. The van der Waals surface area contributed by atoms with Gasteiger partial charge in [-0.25, -0.2) is 9.97 Å². The molecule has 0 aliphatic carbocycles. The molecule has 0 aromatic carbocycles. The lowest BCUT2D eigenvalue weighted by Gasteiger charge is -2.22. The first-order valence-corrected chi connectivity index (χ1v) is 11.0. The summed E-state index contributed by atoms with van der Waals surface area (Å²) >= 11 is 0. The highest BCUT2D eigenvalue weighted by Gasteiger charge is 2.10. The SMILES string of the molecule is CCCCCCCCCCCCCCN(c1ccccn1)c1ccccn1. The minimum Gasteiger partial charge on any atom is -0.311 e. The summed E-state index contributed by atoms with van der Waals surface area (Å²) in [5.74, 6) is 1.97. The Bertz CT molecular complexity index is 531. The third-order valence-corrected chi connectivity index (χ3v) is 5.09. The first-order valence-electron chi connectivity index (χ1n) is 11.0. The predicted octanol–water partition coefficient (Wildman–Crippen LogP) is 7.32.